The highest BCUT2D eigenvalue weighted by atomic mass is 79.9. The molecular formula is C20H14BrCl2NO5S. The molecule has 1 aliphatic heterocycles. The van der Waals surface area contributed by atoms with Gasteiger partial charge in [0.25, 0.3) is 11.1 Å². The van der Waals surface area contributed by atoms with Gasteiger partial charge in [0.15, 0.2) is 12.4 Å². The second-order valence-electron chi connectivity index (χ2n) is 5.90. The highest BCUT2D eigenvalue weighted by molar-refractivity contribution is 9.10. The lowest BCUT2D eigenvalue weighted by Crippen LogP contribution is -2.27. The molecule has 0 saturated carbocycles. The normalized spacial score (nSPS) is 15.1. The Kier molecular flexibility index (Phi) is 7.46. The Morgan fingerprint density at radius 3 is 2.67 bits per heavy atom. The lowest BCUT2D eigenvalue weighted by Gasteiger charge is -2.12. The van der Waals surface area contributed by atoms with Gasteiger partial charge in [-0.05, 0) is 76.6 Å². The number of carbonyl (C=O) groups excluding carboxylic acids is 3. The van der Waals surface area contributed by atoms with Crippen molar-refractivity contribution in [3.63, 3.8) is 0 Å². The first-order valence-corrected chi connectivity index (χ1v) is 11.0. The fraction of sp³-hybridized carbons (Fsp3) is 0.150. The predicted octanol–water partition coefficient (Wildman–Crippen LogP) is 5.94. The summed E-state index contributed by atoms with van der Waals surface area (Å²) in [4.78, 5) is 37.9. The lowest BCUT2D eigenvalue weighted by atomic mass is 10.2. The Morgan fingerprint density at radius 1 is 1.23 bits per heavy atom. The number of carbonyl (C=O) groups is 3. The molecule has 0 unspecified atom stereocenters. The van der Waals surface area contributed by atoms with E-state index in [0.29, 0.717) is 20.7 Å². The molecule has 1 saturated heterocycles. The molecule has 156 valence electrons. The summed E-state index contributed by atoms with van der Waals surface area (Å²) < 4.78 is 10.7. The Bertz CT molecular complexity index is 1040. The second-order valence-corrected chi connectivity index (χ2v) is 8.60. The Labute approximate surface area is 195 Å². The molecule has 0 aromatic heterocycles. The van der Waals surface area contributed by atoms with Gasteiger partial charge in [-0.1, -0.05) is 29.3 Å². The Morgan fingerprint density at radius 2 is 2.00 bits per heavy atom. The maximum absolute atomic E-state index is 12.8. The molecule has 2 amide bonds. The van der Waals surface area contributed by atoms with Crippen LogP contribution in [-0.2, 0) is 14.3 Å². The van der Waals surface area contributed by atoms with Crippen LogP contribution in [0.3, 0.4) is 0 Å². The number of imide groups is 1. The van der Waals surface area contributed by atoms with Gasteiger partial charge in [0.1, 0.15) is 0 Å². The number of esters is 1. The topological polar surface area (TPSA) is 72.9 Å². The summed E-state index contributed by atoms with van der Waals surface area (Å²) in [6.07, 6.45) is 1.56. The van der Waals surface area contributed by atoms with E-state index >= 15 is 0 Å². The molecule has 0 atom stereocenters. The monoisotopic (exact) mass is 529 g/mol. The van der Waals surface area contributed by atoms with E-state index in [4.69, 9.17) is 32.7 Å². The van der Waals surface area contributed by atoms with E-state index in [9.17, 15) is 14.4 Å². The highest BCUT2D eigenvalue weighted by Gasteiger charge is 2.36. The molecule has 0 radical (unpaired) electrons. The average molecular weight is 531 g/mol. The number of thioether (sulfide) groups is 1. The number of nitrogens with zero attached hydrogens (tertiary/aromatic N) is 1. The molecule has 1 aliphatic rings. The van der Waals surface area contributed by atoms with Crippen LogP contribution in [0, 0.1) is 0 Å². The first kappa shape index (κ1) is 22.7. The van der Waals surface area contributed by atoms with Gasteiger partial charge >= 0.3 is 5.97 Å². The summed E-state index contributed by atoms with van der Waals surface area (Å²) >= 11 is 16.4. The predicted molar refractivity (Wildman–Crippen MR) is 121 cm³/mol. The molecule has 0 aliphatic carbocycles. The molecule has 2 aromatic rings. The van der Waals surface area contributed by atoms with E-state index in [1.165, 1.54) is 0 Å². The fourth-order valence-corrected chi connectivity index (χ4v) is 4.61. The Balaban J connectivity index is 1.82. The summed E-state index contributed by atoms with van der Waals surface area (Å²) in [5.41, 5.74) is 0.974. The van der Waals surface area contributed by atoms with Gasteiger partial charge in [0, 0.05) is 5.02 Å². The smallest absolute Gasteiger partial charge is 0.344 e. The van der Waals surface area contributed by atoms with Gasteiger partial charge in [-0.15, -0.1) is 0 Å². The Hall–Kier alpha value is -2.00. The van der Waals surface area contributed by atoms with Crippen LogP contribution in [0.1, 0.15) is 12.5 Å². The minimum absolute atomic E-state index is 0.231. The van der Waals surface area contributed by atoms with Crippen LogP contribution in [0.2, 0.25) is 10.0 Å². The van der Waals surface area contributed by atoms with E-state index < -0.39 is 17.1 Å². The van der Waals surface area contributed by atoms with E-state index in [1.807, 2.05) is 0 Å². The first-order valence-electron chi connectivity index (χ1n) is 8.61. The van der Waals surface area contributed by atoms with Crippen LogP contribution in [0.15, 0.2) is 45.8 Å². The minimum atomic E-state index is -0.515. The number of halogens is 3. The molecule has 1 fully saturated rings. The third-order valence-corrected chi connectivity index (χ3v) is 5.79. The molecule has 2 aromatic carbocycles. The molecule has 0 bridgehead atoms. The zero-order chi connectivity index (χ0) is 21.8. The van der Waals surface area contributed by atoms with Crippen molar-refractivity contribution in [1.29, 1.82) is 0 Å². The third kappa shape index (κ3) is 5.18. The van der Waals surface area contributed by atoms with E-state index in [0.717, 1.165) is 16.7 Å². The van der Waals surface area contributed by atoms with Crippen LogP contribution in [-0.4, -0.2) is 30.3 Å². The van der Waals surface area contributed by atoms with Crippen LogP contribution in [0.25, 0.3) is 6.08 Å². The largest absolute Gasteiger partial charge is 0.479 e. The maximum Gasteiger partial charge on any atom is 0.344 e. The van der Waals surface area contributed by atoms with Gasteiger partial charge in [0.2, 0.25) is 0 Å². The zero-order valence-electron chi connectivity index (χ0n) is 15.5. The van der Waals surface area contributed by atoms with Crippen LogP contribution < -0.4 is 9.64 Å². The zero-order valence-corrected chi connectivity index (χ0v) is 19.4. The van der Waals surface area contributed by atoms with Crippen LogP contribution in [0.5, 0.6) is 5.75 Å². The molecule has 30 heavy (non-hydrogen) atoms. The maximum atomic E-state index is 12.8. The van der Waals surface area contributed by atoms with E-state index in [1.54, 1.807) is 49.4 Å². The standard InChI is InChI=1S/C20H14BrCl2NO5S/c1-2-28-17(25)10-29-18-14(21)6-11(7-15(18)23)8-16-19(26)24(20(27)30-16)13-5-3-4-12(22)9-13/h3-9H,2,10H2,1H3/b16-8+. The second kappa shape index (κ2) is 9.87. The minimum Gasteiger partial charge on any atom is -0.479 e. The van der Waals surface area contributed by atoms with Gasteiger partial charge in [0.05, 0.1) is 26.7 Å². The van der Waals surface area contributed by atoms with Gasteiger partial charge in [-0.2, -0.15) is 0 Å². The van der Waals surface area contributed by atoms with Gasteiger partial charge in [-0.3, -0.25) is 9.59 Å². The van der Waals surface area contributed by atoms with E-state index in [-0.39, 0.29) is 28.9 Å². The van der Waals surface area contributed by atoms with Crippen molar-refractivity contribution in [2.45, 2.75) is 6.92 Å². The van der Waals surface area contributed by atoms with E-state index in [2.05, 4.69) is 15.9 Å². The highest BCUT2D eigenvalue weighted by Crippen LogP contribution is 2.39. The molecule has 3 rings (SSSR count). The van der Waals surface area contributed by atoms with Crippen molar-refractivity contribution in [1.82, 2.24) is 0 Å². The fourth-order valence-electron chi connectivity index (χ4n) is 2.59. The summed E-state index contributed by atoms with van der Waals surface area (Å²) in [6, 6.07) is 9.74. The first-order chi connectivity index (χ1) is 14.3. The van der Waals surface area contributed by atoms with Gasteiger partial charge < -0.3 is 9.47 Å². The van der Waals surface area contributed by atoms with Crippen molar-refractivity contribution in [3.8, 4) is 5.75 Å². The third-order valence-electron chi connectivity index (χ3n) is 3.82. The summed E-state index contributed by atoms with van der Waals surface area (Å²) in [6.45, 7) is 1.66. The molecule has 0 N–H and O–H groups in total. The molecule has 0 spiro atoms. The molecular weight excluding hydrogens is 517 g/mol. The van der Waals surface area contributed by atoms with Crippen LogP contribution in [0.4, 0.5) is 10.5 Å². The van der Waals surface area contributed by atoms with Crippen molar-refractivity contribution < 1.29 is 23.9 Å². The average Bonchev–Trinajstić information content (AvgIpc) is 2.94. The summed E-state index contributed by atoms with van der Waals surface area (Å²) in [5.74, 6) is -0.699. The van der Waals surface area contributed by atoms with Crippen molar-refractivity contribution in [2.24, 2.45) is 0 Å². The number of ether oxygens (including phenoxy) is 2. The molecule has 6 nitrogen and oxygen atoms in total. The number of hydrogen-bond acceptors (Lipinski definition) is 6. The lowest BCUT2D eigenvalue weighted by molar-refractivity contribution is -0.145. The summed E-state index contributed by atoms with van der Waals surface area (Å²) in [5, 5.41) is 0.228. The van der Waals surface area contributed by atoms with Crippen molar-refractivity contribution in [2.75, 3.05) is 18.1 Å². The summed E-state index contributed by atoms with van der Waals surface area (Å²) in [7, 11) is 0. The quantitative estimate of drug-likeness (QED) is 0.340. The van der Waals surface area contributed by atoms with Crippen molar-refractivity contribution >= 4 is 79.8 Å². The molecule has 10 heteroatoms. The number of hydrogen-bond donors (Lipinski definition) is 0. The number of rotatable bonds is 6. The van der Waals surface area contributed by atoms with Gasteiger partial charge in [-0.25, -0.2) is 9.69 Å². The number of benzene rings is 2. The van der Waals surface area contributed by atoms with Crippen molar-refractivity contribution in [3.05, 3.63) is 61.4 Å². The SMILES string of the molecule is CCOC(=O)COc1c(Cl)cc(/C=C2/SC(=O)N(c3cccc(Cl)c3)C2=O)cc1Br. The number of anilines is 1. The number of amides is 2. The molecule has 1 heterocycles. The van der Waals surface area contributed by atoms with Crippen LogP contribution >= 0.6 is 50.9 Å².